The molecule has 1 aromatic rings. The summed E-state index contributed by atoms with van der Waals surface area (Å²) < 4.78 is 4.60. The number of carbonyl (C=O) groups is 2. The lowest BCUT2D eigenvalue weighted by Crippen LogP contribution is -2.02. The number of unbranched alkanes of at least 4 members (excludes halogenated alkanes) is 7. The molecular formula is C22H34O3. The van der Waals surface area contributed by atoms with Gasteiger partial charge in [0.2, 0.25) is 0 Å². The zero-order chi connectivity index (χ0) is 18.3. The Morgan fingerprint density at radius 2 is 1.40 bits per heavy atom. The van der Waals surface area contributed by atoms with E-state index < -0.39 is 0 Å². The Morgan fingerprint density at radius 1 is 0.800 bits per heavy atom. The maximum absolute atomic E-state index is 12.1. The molecule has 140 valence electrons. The van der Waals surface area contributed by atoms with Crippen molar-refractivity contribution in [1.29, 1.82) is 0 Å². The van der Waals surface area contributed by atoms with Gasteiger partial charge >= 0.3 is 5.97 Å². The van der Waals surface area contributed by atoms with Gasteiger partial charge in [-0.2, -0.15) is 0 Å². The highest BCUT2D eigenvalue weighted by atomic mass is 16.5. The first-order valence-electron chi connectivity index (χ1n) is 9.86. The first kappa shape index (κ1) is 21.4. The van der Waals surface area contributed by atoms with Crippen molar-refractivity contribution >= 4 is 11.8 Å². The number of esters is 1. The monoisotopic (exact) mass is 346 g/mol. The molecule has 3 nitrogen and oxygen atoms in total. The quantitative estimate of drug-likeness (QED) is 0.239. The first-order chi connectivity index (χ1) is 12.2. The predicted octanol–water partition coefficient (Wildman–Crippen LogP) is 5.90. The molecule has 1 rings (SSSR count). The number of Topliss-reactive ketones (excluding diaryl/α,β-unsaturated/α-hetero) is 1. The van der Waals surface area contributed by atoms with Crippen LogP contribution in [0.25, 0.3) is 0 Å². The lowest BCUT2D eigenvalue weighted by Gasteiger charge is -2.05. The van der Waals surface area contributed by atoms with Crippen LogP contribution >= 0.6 is 0 Å². The summed E-state index contributed by atoms with van der Waals surface area (Å²) in [5.41, 5.74) is 2.09. The van der Waals surface area contributed by atoms with Gasteiger partial charge in [0.25, 0.3) is 0 Å². The van der Waals surface area contributed by atoms with E-state index in [9.17, 15) is 9.59 Å². The van der Waals surface area contributed by atoms with E-state index in [-0.39, 0.29) is 11.8 Å². The third kappa shape index (κ3) is 10.1. The van der Waals surface area contributed by atoms with E-state index in [2.05, 4.69) is 23.8 Å². The molecule has 0 bridgehead atoms. The van der Waals surface area contributed by atoms with Crippen LogP contribution < -0.4 is 0 Å². The Bertz CT molecular complexity index is 490. The van der Waals surface area contributed by atoms with Gasteiger partial charge in [-0.3, -0.25) is 9.59 Å². The van der Waals surface area contributed by atoms with Crippen molar-refractivity contribution in [1.82, 2.24) is 0 Å². The molecule has 25 heavy (non-hydrogen) atoms. The summed E-state index contributed by atoms with van der Waals surface area (Å²) in [4.78, 5) is 23.2. The summed E-state index contributed by atoms with van der Waals surface area (Å²) in [5, 5.41) is 0. The maximum atomic E-state index is 12.1. The maximum Gasteiger partial charge on any atom is 0.305 e. The Morgan fingerprint density at radius 3 is 2.04 bits per heavy atom. The van der Waals surface area contributed by atoms with Crippen LogP contribution in [0.4, 0.5) is 0 Å². The summed E-state index contributed by atoms with van der Waals surface area (Å²) in [6.45, 7) is 2.25. The van der Waals surface area contributed by atoms with Crippen LogP contribution in [-0.2, 0) is 16.0 Å². The molecule has 0 radical (unpaired) electrons. The first-order valence-corrected chi connectivity index (χ1v) is 9.86. The second-order valence-electron chi connectivity index (χ2n) is 6.77. The van der Waals surface area contributed by atoms with Crippen molar-refractivity contribution in [2.24, 2.45) is 0 Å². The number of aryl methyl sites for hydroxylation is 1. The molecule has 0 aliphatic carbocycles. The Balaban J connectivity index is 2.19. The van der Waals surface area contributed by atoms with E-state index in [4.69, 9.17) is 0 Å². The van der Waals surface area contributed by atoms with Crippen LogP contribution in [-0.4, -0.2) is 18.9 Å². The smallest absolute Gasteiger partial charge is 0.305 e. The van der Waals surface area contributed by atoms with E-state index >= 15 is 0 Å². The number of hydrogen-bond acceptors (Lipinski definition) is 3. The molecule has 0 saturated carbocycles. The van der Waals surface area contributed by atoms with Crippen molar-refractivity contribution in [2.45, 2.75) is 84.0 Å². The molecule has 0 saturated heterocycles. The van der Waals surface area contributed by atoms with Gasteiger partial charge in [0.15, 0.2) is 5.78 Å². The third-order valence-electron chi connectivity index (χ3n) is 4.61. The number of methoxy groups -OCH3 is 1. The van der Waals surface area contributed by atoms with Crippen LogP contribution in [0, 0.1) is 0 Å². The van der Waals surface area contributed by atoms with E-state index in [0.717, 1.165) is 18.4 Å². The largest absolute Gasteiger partial charge is 0.469 e. The normalized spacial score (nSPS) is 10.6. The average Bonchev–Trinajstić information content (AvgIpc) is 2.64. The van der Waals surface area contributed by atoms with E-state index in [1.54, 1.807) is 0 Å². The number of ether oxygens (including phenoxy) is 1. The van der Waals surface area contributed by atoms with Gasteiger partial charge in [-0.05, 0) is 31.2 Å². The van der Waals surface area contributed by atoms with Crippen molar-refractivity contribution in [3.63, 3.8) is 0 Å². The number of rotatable bonds is 14. The van der Waals surface area contributed by atoms with Gasteiger partial charge < -0.3 is 4.74 Å². The fraction of sp³-hybridized carbons (Fsp3) is 0.636. The molecule has 0 heterocycles. The predicted molar refractivity (Wildman–Crippen MR) is 103 cm³/mol. The van der Waals surface area contributed by atoms with E-state index in [0.29, 0.717) is 19.3 Å². The zero-order valence-electron chi connectivity index (χ0n) is 16.0. The molecule has 0 aromatic heterocycles. The second-order valence-corrected chi connectivity index (χ2v) is 6.77. The van der Waals surface area contributed by atoms with Crippen molar-refractivity contribution < 1.29 is 14.3 Å². The third-order valence-corrected chi connectivity index (χ3v) is 4.61. The number of ketones is 1. The van der Waals surface area contributed by atoms with Crippen molar-refractivity contribution in [3.8, 4) is 0 Å². The lowest BCUT2D eigenvalue weighted by molar-refractivity contribution is -0.140. The lowest BCUT2D eigenvalue weighted by atomic mass is 10.0. The Hall–Kier alpha value is -1.64. The summed E-state index contributed by atoms with van der Waals surface area (Å²) in [5.74, 6) is -0.0468. The molecule has 0 N–H and O–H groups in total. The number of benzene rings is 1. The molecule has 0 amide bonds. The van der Waals surface area contributed by atoms with E-state index in [1.807, 2.05) is 12.1 Å². The molecule has 1 aromatic carbocycles. The highest BCUT2D eigenvalue weighted by Gasteiger charge is 2.07. The minimum absolute atomic E-state index is 0.160. The topological polar surface area (TPSA) is 43.4 Å². The molecule has 0 aliphatic heterocycles. The second kappa shape index (κ2) is 13.6. The fourth-order valence-corrected chi connectivity index (χ4v) is 2.94. The molecule has 0 unspecified atom stereocenters. The molecule has 0 atom stereocenters. The average molecular weight is 347 g/mol. The molecule has 0 fully saturated rings. The summed E-state index contributed by atoms with van der Waals surface area (Å²) >= 11 is 0. The van der Waals surface area contributed by atoms with Crippen LogP contribution in [0.1, 0.15) is 93.5 Å². The molecule has 3 heteroatoms. The zero-order valence-corrected chi connectivity index (χ0v) is 16.0. The standard InChI is InChI=1S/C22H34O3/c1-3-4-5-6-7-8-9-12-19-15-17-20(18-16-19)21(23)13-10-11-14-22(24)25-2/h15-18H,3-14H2,1-2H3. The highest BCUT2D eigenvalue weighted by molar-refractivity contribution is 5.96. The van der Waals surface area contributed by atoms with Crippen LogP contribution in [0.3, 0.4) is 0 Å². The molecule has 0 aliphatic rings. The Labute approximate surface area is 153 Å². The number of hydrogen-bond donors (Lipinski definition) is 0. The van der Waals surface area contributed by atoms with E-state index in [1.165, 1.54) is 57.6 Å². The SMILES string of the molecule is CCCCCCCCCc1ccc(C(=O)CCCCC(=O)OC)cc1. The van der Waals surface area contributed by atoms with Crippen molar-refractivity contribution in [2.75, 3.05) is 7.11 Å². The minimum atomic E-state index is -0.206. The fourth-order valence-electron chi connectivity index (χ4n) is 2.94. The van der Waals surface area contributed by atoms with Gasteiger partial charge in [0, 0.05) is 18.4 Å². The van der Waals surface area contributed by atoms with Gasteiger partial charge in [-0.25, -0.2) is 0 Å². The van der Waals surface area contributed by atoms with Gasteiger partial charge in [-0.15, -0.1) is 0 Å². The minimum Gasteiger partial charge on any atom is -0.469 e. The van der Waals surface area contributed by atoms with Crippen LogP contribution in [0.15, 0.2) is 24.3 Å². The molecular weight excluding hydrogens is 312 g/mol. The van der Waals surface area contributed by atoms with Gasteiger partial charge in [-0.1, -0.05) is 69.7 Å². The summed E-state index contributed by atoms with van der Waals surface area (Å²) in [7, 11) is 1.39. The van der Waals surface area contributed by atoms with Gasteiger partial charge in [0.1, 0.15) is 0 Å². The van der Waals surface area contributed by atoms with Gasteiger partial charge in [0.05, 0.1) is 7.11 Å². The molecule has 0 spiro atoms. The summed E-state index contributed by atoms with van der Waals surface area (Å²) in [6.07, 6.45) is 12.7. The van der Waals surface area contributed by atoms with Crippen LogP contribution in [0.2, 0.25) is 0 Å². The highest BCUT2D eigenvalue weighted by Crippen LogP contribution is 2.14. The Kier molecular flexibility index (Phi) is 11.7. The number of carbonyl (C=O) groups excluding carboxylic acids is 2. The van der Waals surface area contributed by atoms with Crippen LogP contribution in [0.5, 0.6) is 0 Å². The summed E-state index contributed by atoms with van der Waals surface area (Å²) in [6, 6.07) is 8.05. The van der Waals surface area contributed by atoms with Crippen molar-refractivity contribution in [3.05, 3.63) is 35.4 Å².